The molecule has 0 fully saturated rings. The monoisotopic (exact) mass is 347 g/mol. The van der Waals surface area contributed by atoms with Crippen LogP contribution >= 0.6 is 0 Å². The number of halogens is 1. The number of hydrogen-bond donors (Lipinski definition) is 3. The fraction of sp³-hybridized carbons (Fsp3) is 0.0625. The Morgan fingerprint density at radius 3 is 2.58 bits per heavy atom. The summed E-state index contributed by atoms with van der Waals surface area (Å²) in [5.41, 5.74) is 1.64. The number of benzene rings is 2. The minimum absolute atomic E-state index is 0.155. The second-order valence-electron chi connectivity index (χ2n) is 5.27. The quantitative estimate of drug-likeness (QED) is 0.668. The summed E-state index contributed by atoms with van der Waals surface area (Å²) in [4.78, 5) is 14.5. The van der Waals surface area contributed by atoms with Gasteiger partial charge in [0.1, 0.15) is 5.82 Å². The molecule has 24 heavy (non-hydrogen) atoms. The molecule has 0 atom stereocenters. The van der Waals surface area contributed by atoms with Gasteiger partial charge in [0.05, 0.1) is 0 Å². The van der Waals surface area contributed by atoms with Gasteiger partial charge in [-0.15, -0.1) is 0 Å². The lowest BCUT2D eigenvalue weighted by Crippen LogP contribution is -2.30. The molecule has 0 aliphatic rings. The van der Waals surface area contributed by atoms with E-state index in [1.807, 2.05) is 16.9 Å². The van der Waals surface area contributed by atoms with Crippen LogP contribution in [-0.2, 0) is 16.8 Å². The molecule has 0 spiro atoms. The lowest BCUT2D eigenvalue weighted by molar-refractivity contribution is 0.576. The van der Waals surface area contributed by atoms with E-state index in [4.69, 9.17) is 5.14 Å². The van der Waals surface area contributed by atoms with Crippen molar-refractivity contribution >= 4 is 21.1 Å². The van der Waals surface area contributed by atoms with E-state index in [2.05, 4.69) is 4.98 Å². The van der Waals surface area contributed by atoms with Crippen LogP contribution in [0.2, 0.25) is 0 Å². The molecule has 1 aromatic heterocycles. The molecule has 3 aromatic rings. The van der Waals surface area contributed by atoms with Crippen LogP contribution in [0.5, 0.6) is 0 Å². The van der Waals surface area contributed by atoms with Crippen molar-refractivity contribution in [2.75, 3.05) is 0 Å². The van der Waals surface area contributed by atoms with Crippen molar-refractivity contribution in [3.8, 4) is 11.1 Å². The summed E-state index contributed by atoms with van der Waals surface area (Å²) in [7, 11) is -3.90. The minimum atomic E-state index is -3.90. The van der Waals surface area contributed by atoms with Crippen molar-refractivity contribution in [2.24, 2.45) is 5.14 Å². The number of hydrogen-bond acceptors (Lipinski definition) is 3. The van der Waals surface area contributed by atoms with Gasteiger partial charge in [-0.1, -0.05) is 30.3 Å². The maximum atomic E-state index is 14.3. The number of pyridine rings is 1. The third-order valence-electron chi connectivity index (χ3n) is 3.58. The molecular weight excluding hydrogens is 333 g/mol. The van der Waals surface area contributed by atoms with E-state index >= 15 is 0 Å². The average Bonchev–Trinajstić information content (AvgIpc) is 2.52. The molecule has 8 heteroatoms. The summed E-state index contributed by atoms with van der Waals surface area (Å²) in [6.45, 7) is -0.249. The topological polar surface area (TPSA) is 105 Å². The van der Waals surface area contributed by atoms with Gasteiger partial charge in [-0.05, 0) is 23.3 Å². The Hall–Kier alpha value is -2.55. The molecule has 3 rings (SSSR count). The van der Waals surface area contributed by atoms with Crippen molar-refractivity contribution in [2.45, 2.75) is 6.54 Å². The normalized spacial score (nSPS) is 11.8. The number of nitrogens with one attached hydrogen (secondary N) is 2. The maximum absolute atomic E-state index is 14.3. The summed E-state index contributed by atoms with van der Waals surface area (Å²) in [5, 5.41) is 5.62. The van der Waals surface area contributed by atoms with Crippen LogP contribution in [-0.4, -0.2) is 13.4 Å². The van der Waals surface area contributed by atoms with Crippen LogP contribution in [0.15, 0.2) is 53.3 Å². The molecule has 0 saturated carbocycles. The first-order chi connectivity index (χ1) is 11.3. The van der Waals surface area contributed by atoms with Gasteiger partial charge in [-0.25, -0.2) is 9.53 Å². The fourth-order valence-corrected chi connectivity index (χ4v) is 2.84. The van der Waals surface area contributed by atoms with E-state index in [0.717, 1.165) is 5.39 Å². The zero-order valence-electron chi connectivity index (χ0n) is 12.4. The van der Waals surface area contributed by atoms with Crippen molar-refractivity contribution in [3.05, 3.63) is 70.3 Å². The van der Waals surface area contributed by atoms with E-state index in [1.165, 1.54) is 18.2 Å². The smallest absolute Gasteiger partial charge is 0.274 e. The molecule has 0 amide bonds. The molecular formula is C16H14FN3O3S. The number of aromatic amines is 1. The minimum Gasteiger partial charge on any atom is -0.322 e. The zero-order valence-corrected chi connectivity index (χ0v) is 13.2. The van der Waals surface area contributed by atoms with Crippen LogP contribution in [0.4, 0.5) is 4.39 Å². The number of H-pyrrole nitrogens is 1. The largest absolute Gasteiger partial charge is 0.322 e. The molecule has 0 bridgehead atoms. The zero-order chi connectivity index (χ0) is 17.3. The molecule has 2 aromatic carbocycles. The van der Waals surface area contributed by atoms with Crippen molar-refractivity contribution in [3.63, 3.8) is 0 Å². The van der Waals surface area contributed by atoms with E-state index in [1.54, 1.807) is 18.2 Å². The standard InChI is InChI=1S/C16H14FN3O3S/c17-14-7-10(5-6-11(14)9-19-24(18,22)23)13-8-16(21)20-15-4-2-1-3-12(13)15/h1-8,19H,9H2,(H,20,21)(H2,18,22,23). The first kappa shape index (κ1) is 16.3. The molecule has 0 unspecified atom stereocenters. The third-order valence-corrected chi connectivity index (χ3v) is 4.13. The second kappa shape index (κ2) is 6.16. The Balaban J connectivity index is 2.05. The Kier molecular flexibility index (Phi) is 4.18. The summed E-state index contributed by atoms with van der Waals surface area (Å²) in [6, 6.07) is 13.0. The van der Waals surface area contributed by atoms with Gasteiger partial charge < -0.3 is 4.98 Å². The van der Waals surface area contributed by atoms with Crippen LogP contribution in [0.25, 0.3) is 22.0 Å². The van der Waals surface area contributed by atoms with Crippen LogP contribution in [0.3, 0.4) is 0 Å². The van der Waals surface area contributed by atoms with Gasteiger partial charge in [0.2, 0.25) is 5.56 Å². The Bertz CT molecular complexity index is 1080. The number of fused-ring (bicyclic) bond motifs is 1. The third kappa shape index (κ3) is 3.51. The van der Waals surface area contributed by atoms with E-state index < -0.39 is 16.0 Å². The van der Waals surface area contributed by atoms with Gasteiger partial charge in [-0.2, -0.15) is 13.1 Å². The van der Waals surface area contributed by atoms with Crippen LogP contribution in [0.1, 0.15) is 5.56 Å². The predicted molar refractivity (Wildman–Crippen MR) is 89.9 cm³/mol. The van der Waals surface area contributed by atoms with Gasteiger partial charge in [0, 0.05) is 29.1 Å². The van der Waals surface area contributed by atoms with E-state index in [9.17, 15) is 17.6 Å². The lowest BCUT2D eigenvalue weighted by Gasteiger charge is -2.09. The molecule has 1 heterocycles. The van der Waals surface area contributed by atoms with Crippen molar-refractivity contribution < 1.29 is 12.8 Å². The van der Waals surface area contributed by atoms with Gasteiger partial charge in [0.25, 0.3) is 10.2 Å². The Morgan fingerprint density at radius 1 is 1.12 bits per heavy atom. The highest BCUT2D eigenvalue weighted by atomic mass is 32.2. The van der Waals surface area contributed by atoms with Gasteiger partial charge in [0.15, 0.2) is 0 Å². The number of nitrogens with two attached hydrogens (primary N) is 1. The van der Waals surface area contributed by atoms with Crippen LogP contribution < -0.4 is 15.4 Å². The predicted octanol–water partition coefficient (Wildman–Crippen LogP) is 1.63. The van der Waals surface area contributed by atoms with Crippen LogP contribution in [0, 0.1) is 5.82 Å². The highest BCUT2D eigenvalue weighted by molar-refractivity contribution is 7.87. The summed E-state index contributed by atoms with van der Waals surface area (Å²) in [5.74, 6) is -0.590. The maximum Gasteiger partial charge on any atom is 0.274 e. The highest BCUT2D eigenvalue weighted by Gasteiger charge is 2.10. The lowest BCUT2D eigenvalue weighted by atomic mass is 10.00. The number of rotatable bonds is 4. The summed E-state index contributed by atoms with van der Waals surface area (Å²) in [6.07, 6.45) is 0. The summed E-state index contributed by atoms with van der Waals surface area (Å²) < 4.78 is 38.1. The Labute approximate surface area is 137 Å². The first-order valence-electron chi connectivity index (χ1n) is 7.02. The Morgan fingerprint density at radius 2 is 1.88 bits per heavy atom. The average molecular weight is 347 g/mol. The number of aromatic nitrogens is 1. The van der Waals surface area contributed by atoms with Gasteiger partial charge in [-0.3, -0.25) is 4.79 Å². The SMILES string of the molecule is NS(=O)(=O)NCc1ccc(-c2cc(=O)[nH]c3ccccc23)cc1F. The molecule has 0 radical (unpaired) electrons. The van der Waals surface area contributed by atoms with Crippen molar-refractivity contribution in [1.29, 1.82) is 0 Å². The second-order valence-corrected chi connectivity index (χ2v) is 6.64. The molecule has 6 nitrogen and oxygen atoms in total. The number of para-hydroxylation sites is 1. The van der Waals surface area contributed by atoms with Gasteiger partial charge >= 0.3 is 0 Å². The van der Waals surface area contributed by atoms with E-state index in [0.29, 0.717) is 16.6 Å². The summed E-state index contributed by atoms with van der Waals surface area (Å²) >= 11 is 0. The molecule has 0 aliphatic heterocycles. The molecule has 0 aliphatic carbocycles. The molecule has 0 saturated heterocycles. The van der Waals surface area contributed by atoms with Crippen molar-refractivity contribution in [1.82, 2.24) is 9.71 Å². The van der Waals surface area contributed by atoms with E-state index in [-0.39, 0.29) is 17.7 Å². The first-order valence-corrected chi connectivity index (χ1v) is 8.56. The highest BCUT2D eigenvalue weighted by Crippen LogP contribution is 2.27. The fourth-order valence-electron chi connectivity index (χ4n) is 2.48. The molecule has 124 valence electrons. The molecule has 4 N–H and O–H groups in total.